The van der Waals surface area contributed by atoms with Gasteiger partial charge in [0.1, 0.15) is 6.10 Å². The van der Waals surface area contributed by atoms with Crippen molar-refractivity contribution in [2.24, 2.45) is 0 Å². The number of rotatable bonds is 11. The number of benzene rings is 2. The predicted octanol–water partition coefficient (Wildman–Crippen LogP) is 3.77. The fraction of sp³-hybridized carbons (Fsp3) is 0.348. The summed E-state index contributed by atoms with van der Waals surface area (Å²) < 4.78 is 21.3. The predicted molar refractivity (Wildman–Crippen MR) is 124 cm³/mol. The lowest BCUT2D eigenvalue weighted by atomic mass is 10.0. The van der Waals surface area contributed by atoms with Crippen LogP contribution in [0.4, 0.5) is 10.5 Å². The van der Waals surface area contributed by atoms with E-state index in [9.17, 15) is 19.5 Å². The molecule has 0 aliphatic rings. The van der Waals surface area contributed by atoms with Gasteiger partial charge in [-0.05, 0) is 48.9 Å². The third-order valence-corrected chi connectivity index (χ3v) is 5.00. The van der Waals surface area contributed by atoms with Crippen LogP contribution in [0, 0.1) is 0 Å². The Morgan fingerprint density at radius 3 is 2.33 bits per heavy atom. The first-order chi connectivity index (χ1) is 15.8. The van der Waals surface area contributed by atoms with Crippen molar-refractivity contribution in [3.05, 3.63) is 53.6 Å². The highest BCUT2D eigenvalue weighted by atomic mass is 32.1. The normalized spacial score (nSPS) is 12.4. The minimum atomic E-state index is -0.946. The highest BCUT2D eigenvalue weighted by Gasteiger charge is 2.28. The number of carbonyl (C=O) groups excluding carboxylic acids is 3. The summed E-state index contributed by atoms with van der Waals surface area (Å²) in [5.74, 6) is -0.525. The second-order valence-corrected chi connectivity index (χ2v) is 7.27. The van der Waals surface area contributed by atoms with Crippen LogP contribution in [0.5, 0.6) is 11.5 Å². The van der Waals surface area contributed by atoms with E-state index in [1.165, 1.54) is 33.3 Å². The van der Waals surface area contributed by atoms with Gasteiger partial charge in [0.25, 0.3) is 0 Å². The van der Waals surface area contributed by atoms with Crippen molar-refractivity contribution in [1.82, 2.24) is 0 Å². The SMILES string of the molecule is COc1ccc([C@@H](OC(=O)Nc2ccc(C(C)=O)cc2)[C@@H](CCOC(=O)CS)OC)cc1O. The summed E-state index contributed by atoms with van der Waals surface area (Å²) in [4.78, 5) is 35.4. The van der Waals surface area contributed by atoms with Gasteiger partial charge < -0.3 is 24.1 Å². The fourth-order valence-electron chi connectivity index (χ4n) is 3.02. The number of amides is 1. The van der Waals surface area contributed by atoms with E-state index in [0.29, 0.717) is 16.8 Å². The van der Waals surface area contributed by atoms with Gasteiger partial charge >= 0.3 is 12.1 Å². The molecule has 0 spiro atoms. The molecule has 0 aromatic heterocycles. The third-order valence-electron chi connectivity index (χ3n) is 4.74. The summed E-state index contributed by atoms with van der Waals surface area (Å²) >= 11 is 3.86. The molecule has 1 amide bonds. The summed E-state index contributed by atoms with van der Waals surface area (Å²) in [6.45, 7) is 1.47. The van der Waals surface area contributed by atoms with Crippen molar-refractivity contribution in [3.63, 3.8) is 0 Å². The number of thiol groups is 1. The number of phenols is 1. The van der Waals surface area contributed by atoms with E-state index in [0.717, 1.165) is 0 Å². The molecule has 2 atom stereocenters. The highest BCUT2D eigenvalue weighted by Crippen LogP contribution is 2.33. The Kier molecular flexibility index (Phi) is 10.0. The number of ether oxygens (including phenoxy) is 4. The van der Waals surface area contributed by atoms with Crippen molar-refractivity contribution >= 4 is 36.2 Å². The molecule has 33 heavy (non-hydrogen) atoms. The molecule has 2 N–H and O–H groups in total. The van der Waals surface area contributed by atoms with Crippen LogP contribution in [-0.2, 0) is 19.0 Å². The molecular formula is C23H27NO8S. The maximum Gasteiger partial charge on any atom is 0.412 e. The van der Waals surface area contributed by atoms with Crippen LogP contribution in [0.3, 0.4) is 0 Å². The van der Waals surface area contributed by atoms with E-state index in [-0.39, 0.29) is 36.1 Å². The maximum absolute atomic E-state index is 12.6. The van der Waals surface area contributed by atoms with Crippen LogP contribution in [0.1, 0.15) is 35.4 Å². The number of ketones is 1. The van der Waals surface area contributed by atoms with Gasteiger partial charge in [0.2, 0.25) is 0 Å². The van der Waals surface area contributed by atoms with Crippen LogP contribution in [0.25, 0.3) is 0 Å². The molecule has 0 fully saturated rings. The van der Waals surface area contributed by atoms with Gasteiger partial charge in [0.05, 0.1) is 19.5 Å². The van der Waals surface area contributed by atoms with Crippen molar-refractivity contribution < 1.29 is 38.4 Å². The first-order valence-electron chi connectivity index (χ1n) is 10.0. The number of Topliss-reactive ketones (excluding diaryl/α,β-unsaturated/α-hetero) is 1. The zero-order chi connectivity index (χ0) is 24.4. The minimum Gasteiger partial charge on any atom is -0.504 e. The lowest BCUT2D eigenvalue weighted by Crippen LogP contribution is -2.29. The van der Waals surface area contributed by atoms with Gasteiger partial charge in [-0.2, -0.15) is 12.6 Å². The van der Waals surface area contributed by atoms with Gasteiger partial charge in [-0.3, -0.25) is 14.9 Å². The van der Waals surface area contributed by atoms with Crippen molar-refractivity contribution in [1.29, 1.82) is 0 Å². The molecule has 0 radical (unpaired) electrons. The molecule has 2 aromatic carbocycles. The molecule has 0 heterocycles. The summed E-state index contributed by atoms with van der Waals surface area (Å²) in [7, 11) is 2.85. The molecule has 0 saturated carbocycles. The van der Waals surface area contributed by atoms with Crippen molar-refractivity contribution in [2.75, 3.05) is 31.9 Å². The van der Waals surface area contributed by atoms with E-state index in [1.54, 1.807) is 30.3 Å². The molecule has 0 bridgehead atoms. The molecule has 9 nitrogen and oxygen atoms in total. The van der Waals surface area contributed by atoms with E-state index in [4.69, 9.17) is 18.9 Å². The maximum atomic E-state index is 12.6. The number of methoxy groups -OCH3 is 2. The average molecular weight is 478 g/mol. The van der Waals surface area contributed by atoms with E-state index >= 15 is 0 Å². The second-order valence-electron chi connectivity index (χ2n) is 6.96. The Bertz CT molecular complexity index is 963. The second kappa shape index (κ2) is 12.7. The van der Waals surface area contributed by atoms with Crippen LogP contribution in [-0.4, -0.2) is 55.6 Å². The van der Waals surface area contributed by atoms with Crippen LogP contribution < -0.4 is 10.1 Å². The Hall–Kier alpha value is -3.24. The van der Waals surface area contributed by atoms with Crippen molar-refractivity contribution in [3.8, 4) is 11.5 Å². The number of esters is 1. The number of phenolic OH excluding ortho intramolecular Hbond substituents is 1. The molecule has 0 unspecified atom stereocenters. The first-order valence-corrected chi connectivity index (χ1v) is 10.7. The average Bonchev–Trinajstić information content (AvgIpc) is 2.80. The largest absolute Gasteiger partial charge is 0.504 e. The number of nitrogens with one attached hydrogen (secondary N) is 1. The Morgan fingerprint density at radius 2 is 1.79 bits per heavy atom. The van der Waals surface area contributed by atoms with E-state index in [2.05, 4.69) is 17.9 Å². The number of anilines is 1. The number of carbonyl (C=O) groups is 3. The Morgan fingerprint density at radius 1 is 1.09 bits per heavy atom. The molecular weight excluding hydrogens is 450 g/mol. The fourth-order valence-corrected chi connectivity index (χ4v) is 3.11. The summed E-state index contributed by atoms with van der Waals surface area (Å²) in [6.07, 6.45) is -2.21. The monoisotopic (exact) mass is 477 g/mol. The summed E-state index contributed by atoms with van der Waals surface area (Å²) in [5, 5.41) is 12.8. The molecule has 0 saturated heterocycles. The summed E-state index contributed by atoms with van der Waals surface area (Å²) in [5.41, 5.74) is 1.39. The molecule has 0 aliphatic carbocycles. The van der Waals surface area contributed by atoms with E-state index < -0.39 is 24.3 Å². The molecule has 178 valence electrons. The zero-order valence-corrected chi connectivity index (χ0v) is 19.5. The molecule has 0 aliphatic heterocycles. The van der Waals surface area contributed by atoms with Crippen LogP contribution >= 0.6 is 12.6 Å². The first kappa shape index (κ1) is 26.0. The lowest BCUT2D eigenvalue weighted by molar-refractivity contribution is -0.141. The van der Waals surface area contributed by atoms with Gasteiger partial charge in [-0.15, -0.1) is 0 Å². The molecule has 2 rings (SSSR count). The van der Waals surface area contributed by atoms with Gasteiger partial charge in [0.15, 0.2) is 23.4 Å². The quantitative estimate of drug-likeness (QED) is 0.254. The van der Waals surface area contributed by atoms with E-state index in [1.807, 2.05) is 0 Å². The topological polar surface area (TPSA) is 120 Å². The number of hydrogen-bond donors (Lipinski definition) is 3. The molecule has 10 heteroatoms. The van der Waals surface area contributed by atoms with Crippen LogP contribution in [0.2, 0.25) is 0 Å². The molecule has 2 aromatic rings. The minimum absolute atomic E-state index is 0.0218. The van der Waals surface area contributed by atoms with Gasteiger partial charge in [-0.25, -0.2) is 4.79 Å². The summed E-state index contributed by atoms with van der Waals surface area (Å²) in [6, 6.07) is 10.9. The van der Waals surface area contributed by atoms with Gasteiger partial charge in [-0.1, -0.05) is 6.07 Å². The Balaban J connectivity index is 2.21. The highest BCUT2D eigenvalue weighted by molar-refractivity contribution is 7.81. The third kappa shape index (κ3) is 7.69. The van der Waals surface area contributed by atoms with Crippen LogP contribution in [0.15, 0.2) is 42.5 Å². The number of hydrogen-bond acceptors (Lipinski definition) is 9. The number of aromatic hydroxyl groups is 1. The zero-order valence-electron chi connectivity index (χ0n) is 18.6. The van der Waals surface area contributed by atoms with Crippen molar-refractivity contribution in [2.45, 2.75) is 25.6 Å². The standard InChI is InChI=1S/C23H27NO8S/c1-14(25)15-4-7-17(8-5-15)24-23(28)32-22(16-6-9-19(29-2)18(26)12-16)20(30-3)10-11-31-21(27)13-33/h4-9,12,20,22,26,33H,10-11,13H2,1-3H3,(H,24,28)/t20-,22-/m1/s1. The lowest BCUT2D eigenvalue weighted by Gasteiger charge is -2.26. The Labute approximate surface area is 197 Å². The smallest absolute Gasteiger partial charge is 0.412 e. The van der Waals surface area contributed by atoms with Gasteiger partial charge in [0, 0.05) is 24.8 Å².